The fourth-order valence-corrected chi connectivity index (χ4v) is 4.35. The number of likely N-dealkylation sites (N-methyl/N-ethyl adjacent to an activating group) is 1. The molecule has 0 aliphatic carbocycles. The molecule has 1 aromatic heterocycles. The summed E-state index contributed by atoms with van der Waals surface area (Å²) in [5, 5.41) is 5.88. The van der Waals surface area contributed by atoms with Crippen LogP contribution in [-0.2, 0) is 13.0 Å². The molecule has 4 nitrogen and oxygen atoms in total. The van der Waals surface area contributed by atoms with Gasteiger partial charge in [0, 0.05) is 24.9 Å². The summed E-state index contributed by atoms with van der Waals surface area (Å²) in [6.07, 6.45) is 0.761. The lowest BCUT2D eigenvalue weighted by Gasteiger charge is -2.20. The summed E-state index contributed by atoms with van der Waals surface area (Å²) in [6, 6.07) is 17.1. The second-order valence-electron chi connectivity index (χ2n) is 7.13. The number of aromatic nitrogens is 1. The van der Waals surface area contributed by atoms with Crippen molar-refractivity contribution >= 4 is 17.2 Å². The molecule has 2 heterocycles. The van der Waals surface area contributed by atoms with E-state index in [0.29, 0.717) is 12.2 Å². The minimum atomic E-state index is -0.0980. The van der Waals surface area contributed by atoms with E-state index in [2.05, 4.69) is 77.7 Å². The van der Waals surface area contributed by atoms with Crippen molar-refractivity contribution in [2.24, 2.45) is 0 Å². The van der Waals surface area contributed by atoms with Crippen molar-refractivity contribution in [1.82, 2.24) is 15.2 Å². The van der Waals surface area contributed by atoms with E-state index in [-0.39, 0.29) is 11.9 Å². The number of rotatable bonds is 5. The van der Waals surface area contributed by atoms with Gasteiger partial charge in [-0.05, 0) is 30.7 Å². The molecule has 2 aromatic carbocycles. The largest absolute Gasteiger partial charge is 0.349 e. The second kappa shape index (κ2) is 7.62. The van der Waals surface area contributed by atoms with Gasteiger partial charge in [0.1, 0.15) is 5.69 Å². The summed E-state index contributed by atoms with van der Waals surface area (Å²) in [5.74, 6) is -0.0980. The lowest BCUT2D eigenvalue weighted by molar-refractivity contribution is 0.0936. The van der Waals surface area contributed by atoms with Gasteiger partial charge in [0.25, 0.3) is 5.91 Å². The number of aryl methyl sites for hydroxylation is 1. The average molecular weight is 378 g/mol. The van der Waals surface area contributed by atoms with E-state index in [0.717, 1.165) is 18.0 Å². The number of thiazole rings is 1. The van der Waals surface area contributed by atoms with Gasteiger partial charge in [0.2, 0.25) is 0 Å². The zero-order valence-electron chi connectivity index (χ0n) is 15.6. The minimum absolute atomic E-state index is 0.0980. The summed E-state index contributed by atoms with van der Waals surface area (Å²) < 4.78 is 0. The first-order valence-electron chi connectivity index (χ1n) is 9.16. The summed E-state index contributed by atoms with van der Waals surface area (Å²) in [6.45, 7) is 3.60. The number of carbonyl (C=O) groups is 1. The summed E-state index contributed by atoms with van der Waals surface area (Å²) in [7, 11) is 2.10. The lowest BCUT2D eigenvalue weighted by atomic mass is 10.1. The standard InChI is InChI=1S/C22H23N3OS/c1-15-7-9-16(10-8-15)11-21-24-19(14-27-21)22(26)23-12-20-18-6-4-3-5-17(18)13-25(20)2/h3-10,14,20H,11-13H2,1-2H3,(H,23,26). The van der Waals surface area contributed by atoms with E-state index in [1.54, 1.807) is 11.3 Å². The smallest absolute Gasteiger partial charge is 0.270 e. The Balaban J connectivity index is 1.38. The number of nitrogens with zero attached hydrogens (tertiary/aromatic N) is 2. The maximum atomic E-state index is 12.5. The Kier molecular flexibility index (Phi) is 5.05. The fraction of sp³-hybridized carbons (Fsp3) is 0.273. The third kappa shape index (κ3) is 3.94. The number of benzene rings is 2. The normalized spacial score (nSPS) is 16.3. The first kappa shape index (κ1) is 17.9. The van der Waals surface area contributed by atoms with Crippen molar-refractivity contribution in [2.75, 3.05) is 13.6 Å². The van der Waals surface area contributed by atoms with Gasteiger partial charge in [-0.2, -0.15) is 0 Å². The zero-order valence-corrected chi connectivity index (χ0v) is 16.4. The molecule has 4 rings (SSSR count). The molecule has 0 spiro atoms. The Bertz CT molecular complexity index is 948. The van der Waals surface area contributed by atoms with Crippen molar-refractivity contribution in [3.05, 3.63) is 86.9 Å². The number of carbonyl (C=O) groups excluding carboxylic acids is 1. The van der Waals surface area contributed by atoms with Crippen LogP contribution in [-0.4, -0.2) is 29.4 Å². The highest BCUT2D eigenvalue weighted by Gasteiger charge is 2.27. The minimum Gasteiger partial charge on any atom is -0.349 e. The first-order valence-corrected chi connectivity index (χ1v) is 10.0. The highest BCUT2D eigenvalue weighted by atomic mass is 32.1. The summed E-state index contributed by atoms with van der Waals surface area (Å²) in [5.41, 5.74) is 5.62. The van der Waals surface area contributed by atoms with Crippen molar-refractivity contribution in [3.8, 4) is 0 Å². The molecule has 0 fully saturated rings. The molecular formula is C22H23N3OS. The van der Waals surface area contributed by atoms with E-state index in [1.807, 2.05) is 5.38 Å². The van der Waals surface area contributed by atoms with Gasteiger partial charge in [-0.15, -0.1) is 11.3 Å². The number of nitrogens with one attached hydrogen (secondary N) is 1. The summed E-state index contributed by atoms with van der Waals surface area (Å²) in [4.78, 5) is 19.3. The molecule has 1 aliphatic rings. The Morgan fingerprint density at radius 3 is 2.81 bits per heavy atom. The first-order chi connectivity index (χ1) is 13.1. The Morgan fingerprint density at radius 2 is 2.00 bits per heavy atom. The zero-order chi connectivity index (χ0) is 18.8. The molecule has 27 heavy (non-hydrogen) atoms. The van der Waals surface area contributed by atoms with Crippen LogP contribution in [0.25, 0.3) is 0 Å². The van der Waals surface area contributed by atoms with Gasteiger partial charge in [0.05, 0.1) is 11.0 Å². The molecule has 0 radical (unpaired) electrons. The Labute approximate surface area is 163 Å². The average Bonchev–Trinajstić information content (AvgIpc) is 3.25. The van der Waals surface area contributed by atoms with Crippen LogP contribution in [0.15, 0.2) is 53.9 Å². The molecule has 1 aliphatic heterocycles. The molecule has 3 aromatic rings. The molecule has 5 heteroatoms. The Morgan fingerprint density at radius 1 is 1.22 bits per heavy atom. The van der Waals surface area contributed by atoms with E-state index >= 15 is 0 Å². The SMILES string of the molecule is Cc1ccc(Cc2nc(C(=O)NCC3c4ccccc4CN3C)cs2)cc1. The van der Waals surface area contributed by atoms with Crippen molar-refractivity contribution in [2.45, 2.75) is 25.9 Å². The van der Waals surface area contributed by atoms with Gasteiger partial charge in [-0.25, -0.2) is 4.98 Å². The van der Waals surface area contributed by atoms with Gasteiger partial charge in [0.15, 0.2) is 0 Å². The highest BCUT2D eigenvalue weighted by molar-refractivity contribution is 7.09. The summed E-state index contributed by atoms with van der Waals surface area (Å²) >= 11 is 1.54. The van der Waals surface area contributed by atoms with Crippen LogP contribution in [0.5, 0.6) is 0 Å². The fourth-order valence-electron chi connectivity index (χ4n) is 3.54. The van der Waals surface area contributed by atoms with Gasteiger partial charge in [-0.1, -0.05) is 54.1 Å². The second-order valence-corrected chi connectivity index (χ2v) is 8.07. The van der Waals surface area contributed by atoms with Crippen molar-refractivity contribution < 1.29 is 4.79 Å². The third-order valence-electron chi connectivity index (χ3n) is 5.08. The van der Waals surface area contributed by atoms with E-state index in [4.69, 9.17) is 0 Å². The number of fused-ring (bicyclic) bond motifs is 1. The molecule has 1 amide bonds. The van der Waals surface area contributed by atoms with E-state index in [9.17, 15) is 4.79 Å². The molecule has 1 N–H and O–H groups in total. The maximum Gasteiger partial charge on any atom is 0.270 e. The highest BCUT2D eigenvalue weighted by Crippen LogP contribution is 2.31. The van der Waals surface area contributed by atoms with Gasteiger partial charge < -0.3 is 5.32 Å². The molecule has 0 saturated carbocycles. The van der Waals surface area contributed by atoms with E-state index in [1.165, 1.54) is 22.3 Å². The van der Waals surface area contributed by atoms with Crippen LogP contribution in [0.3, 0.4) is 0 Å². The number of amides is 1. The number of hydrogen-bond acceptors (Lipinski definition) is 4. The Hall–Kier alpha value is -2.50. The van der Waals surface area contributed by atoms with Crippen LogP contribution in [0.1, 0.15) is 43.8 Å². The van der Waals surface area contributed by atoms with Crippen LogP contribution in [0, 0.1) is 6.92 Å². The van der Waals surface area contributed by atoms with Crippen LogP contribution in [0.4, 0.5) is 0 Å². The third-order valence-corrected chi connectivity index (χ3v) is 5.93. The predicted molar refractivity (Wildman–Crippen MR) is 109 cm³/mol. The topological polar surface area (TPSA) is 45.2 Å². The molecule has 0 bridgehead atoms. The quantitative estimate of drug-likeness (QED) is 0.732. The molecular weight excluding hydrogens is 354 g/mol. The van der Waals surface area contributed by atoms with Gasteiger partial charge >= 0.3 is 0 Å². The van der Waals surface area contributed by atoms with Crippen LogP contribution < -0.4 is 5.32 Å². The van der Waals surface area contributed by atoms with Crippen LogP contribution >= 0.6 is 11.3 Å². The lowest BCUT2D eigenvalue weighted by Crippen LogP contribution is -2.33. The molecule has 138 valence electrons. The molecule has 1 atom stereocenters. The maximum absolute atomic E-state index is 12.5. The monoisotopic (exact) mass is 377 g/mol. The van der Waals surface area contributed by atoms with Gasteiger partial charge in [-0.3, -0.25) is 9.69 Å². The molecule has 0 saturated heterocycles. The van der Waals surface area contributed by atoms with Crippen molar-refractivity contribution in [3.63, 3.8) is 0 Å². The van der Waals surface area contributed by atoms with E-state index < -0.39 is 0 Å². The number of hydrogen-bond donors (Lipinski definition) is 1. The van der Waals surface area contributed by atoms with Crippen LogP contribution in [0.2, 0.25) is 0 Å². The predicted octanol–water partition coefficient (Wildman–Crippen LogP) is 3.96. The molecule has 1 unspecified atom stereocenters. The van der Waals surface area contributed by atoms with Crippen molar-refractivity contribution in [1.29, 1.82) is 0 Å².